The number of nitriles is 1. The molecule has 0 atom stereocenters. The maximum atomic E-state index is 12.7. The molecule has 0 aliphatic carbocycles. The van der Waals surface area contributed by atoms with Crippen LogP contribution < -0.4 is 4.90 Å². The Balaban J connectivity index is 1.95. The predicted molar refractivity (Wildman–Crippen MR) is 104 cm³/mol. The molecule has 0 fully saturated rings. The van der Waals surface area contributed by atoms with E-state index < -0.39 is 18.7 Å². The van der Waals surface area contributed by atoms with E-state index >= 15 is 0 Å². The van der Waals surface area contributed by atoms with Crippen molar-refractivity contribution in [2.75, 3.05) is 18.1 Å². The number of amides is 2. The summed E-state index contributed by atoms with van der Waals surface area (Å²) in [6, 6.07) is 7.39. The maximum absolute atomic E-state index is 12.7. The van der Waals surface area contributed by atoms with Crippen molar-refractivity contribution in [3.63, 3.8) is 0 Å². The Bertz CT molecular complexity index is 982. The molecular weight excluding hydrogens is 396 g/mol. The molecule has 0 aromatic carbocycles. The lowest BCUT2D eigenvalue weighted by Crippen LogP contribution is -2.36. The smallest absolute Gasteiger partial charge is 0.410 e. The molecule has 1 aliphatic rings. The third kappa shape index (κ3) is 4.20. The van der Waals surface area contributed by atoms with Gasteiger partial charge >= 0.3 is 12.1 Å². The number of fused-ring (bicyclic) bond motifs is 1. The van der Waals surface area contributed by atoms with E-state index in [9.17, 15) is 19.6 Å². The van der Waals surface area contributed by atoms with E-state index in [0.29, 0.717) is 29.3 Å². The van der Waals surface area contributed by atoms with Crippen molar-refractivity contribution in [3.8, 4) is 6.07 Å². The summed E-state index contributed by atoms with van der Waals surface area (Å²) in [5.74, 6) is -1.01. The monoisotopic (exact) mass is 414 g/mol. The first-order valence-corrected chi connectivity index (χ1v) is 9.70. The molecular formula is C19H18N4O5S. The zero-order valence-electron chi connectivity index (χ0n) is 15.6. The van der Waals surface area contributed by atoms with E-state index in [-0.39, 0.29) is 18.9 Å². The van der Waals surface area contributed by atoms with Crippen LogP contribution in [0.1, 0.15) is 29.3 Å². The van der Waals surface area contributed by atoms with Crippen LogP contribution in [0.5, 0.6) is 0 Å². The fourth-order valence-corrected chi connectivity index (χ4v) is 4.36. The van der Waals surface area contributed by atoms with Crippen LogP contribution in [-0.4, -0.2) is 46.1 Å². The molecule has 0 spiro atoms. The molecule has 2 aromatic heterocycles. The lowest BCUT2D eigenvalue weighted by atomic mass is 10.0. The Morgan fingerprint density at radius 3 is 2.83 bits per heavy atom. The van der Waals surface area contributed by atoms with Gasteiger partial charge in [-0.1, -0.05) is 13.0 Å². The van der Waals surface area contributed by atoms with Crippen LogP contribution in [0, 0.1) is 11.3 Å². The average molecular weight is 414 g/mol. The van der Waals surface area contributed by atoms with Gasteiger partial charge < -0.3 is 14.7 Å². The van der Waals surface area contributed by atoms with Crippen molar-refractivity contribution in [2.45, 2.75) is 26.3 Å². The molecule has 0 saturated carbocycles. The van der Waals surface area contributed by atoms with Gasteiger partial charge in [-0.15, -0.1) is 11.3 Å². The van der Waals surface area contributed by atoms with Crippen LogP contribution in [-0.2, 0) is 27.3 Å². The van der Waals surface area contributed by atoms with Crippen molar-refractivity contribution in [1.29, 1.82) is 5.26 Å². The van der Waals surface area contributed by atoms with Crippen LogP contribution >= 0.6 is 11.3 Å². The second kappa shape index (κ2) is 8.70. The summed E-state index contributed by atoms with van der Waals surface area (Å²) in [6.45, 7) is 1.50. The van der Waals surface area contributed by atoms with Gasteiger partial charge in [0.15, 0.2) is 6.61 Å². The predicted octanol–water partition coefficient (Wildman–Crippen LogP) is 2.67. The second-order valence-electron chi connectivity index (χ2n) is 6.19. The molecule has 0 unspecified atom stereocenters. The number of carboxylic acid groups (broad SMARTS) is 1. The van der Waals surface area contributed by atoms with Gasteiger partial charge in [0.2, 0.25) is 5.91 Å². The zero-order valence-corrected chi connectivity index (χ0v) is 16.4. The number of thiophene rings is 1. The van der Waals surface area contributed by atoms with E-state index in [2.05, 4.69) is 11.1 Å². The van der Waals surface area contributed by atoms with Crippen molar-refractivity contribution >= 4 is 40.1 Å². The highest BCUT2D eigenvalue weighted by Gasteiger charge is 2.31. The molecule has 2 amide bonds. The molecule has 3 heterocycles. The van der Waals surface area contributed by atoms with Gasteiger partial charge in [-0.3, -0.25) is 9.69 Å². The summed E-state index contributed by atoms with van der Waals surface area (Å²) in [7, 11) is 0. The molecule has 2 aromatic rings. The number of nitrogens with zero attached hydrogens (tertiary/aromatic N) is 4. The van der Waals surface area contributed by atoms with Crippen LogP contribution in [0.4, 0.5) is 15.6 Å². The number of rotatable bonds is 5. The molecule has 0 saturated heterocycles. The standard InChI is InChI=1S/C19H18N4O5S/c1-2-16(24)23(15-5-3-4-7-21-15)18-13(9-20)12-6-8-22(10-14(12)29-18)19(27)28-11-17(25)26/h3-5,7H,2,6,8,10-11H2,1H3,(H,25,26). The summed E-state index contributed by atoms with van der Waals surface area (Å²) in [5, 5.41) is 18.9. The van der Waals surface area contributed by atoms with Gasteiger partial charge in [-0.25, -0.2) is 14.6 Å². The molecule has 0 bridgehead atoms. The molecule has 1 aliphatic heterocycles. The SMILES string of the molecule is CCC(=O)N(c1ccccn1)c1sc2c(c1C#N)CCN(C(=O)OCC(=O)O)C2. The Hall–Kier alpha value is -3.45. The highest BCUT2D eigenvalue weighted by molar-refractivity contribution is 7.16. The first-order chi connectivity index (χ1) is 14.0. The highest BCUT2D eigenvalue weighted by atomic mass is 32.1. The van der Waals surface area contributed by atoms with E-state index in [0.717, 1.165) is 10.4 Å². The Kier molecular flexibility index (Phi) is 6.09. The van der Waals surface area contributed by atoms with Crippen LogP contribution in [0.15, 0.2) is 24.4 Å². The molecule has 29 heavy (non-hydrogen) atoms. The fraction of sp³-hybridized carbons (Fsp3) is 0.316. The summed E-state index contributed by atoms with van der Waals surface area (Å²) in [4.78, 5) is 43.2. The van der Waals surface area contributed by atoms with Crippen molar-refractivity contribution in [3.05, 3.63) is 40.4 Å². The Morgan fingerprint density at radius 1 is 1.41 bits per heavy atom. The summed E-state index contributed by atoms with van der Waals surface area (Å²) >= 11 is 1.26. The third-order valence-corrected chi connectivity index (χ3v) is 5.56. The Labute approximate surface area is 170 Å². The topological polar surface area (TPSA) is 124 Å². The molecule has 1 N–H and O–H groups in total. The van der Waals surface area contributed by atoms with Gasteiger partial charge in [0.05, 0.1) is 12.1 Å². The number of hydrogen-bond acceptors (Lipinski definition) is 7. The number of carbonyl (C=O) groups excluding carboxylic acids is 2. The summed E-state index contributed by atoms with van der Waals surface area (Å²) in [5.41, 5.74) is 1.19. The quantitative estimate of drug-likeness (QED) is 0.797. The number of aromatic nitrogens is 1. The largest absolute Gasteiger partial charge is 0.479 e. The van der Waals surface area contributed by atoms with Crippen LogP contribution in [0.25, 0.3) is 0 Å². The van der Waals surface area contributed by atoms with Crippen molar-refractivity contribution in [1.82, 2.24) is 9.88 Å². The van der Waals surface area contributed by atoms with Crippen LogP contribution in [0.3, 0.4) is 0 Å². The first-order valence-electron chi connectivity index (χ1n) is 8.88. The Morgan fingerprint density at radius 2 is 2.21 bits per heavy atom. The number of aliphatic carboxylic acids is 1. The van der Waals surface area contributed by atoms with Crippen molar-refractivity contribution in [2.24, 2.45) is 0 Å². The zero-order chi connectivity index (χ0) is 21.0. The molecule has 9 nitrogen and oxygen atoms in total. The number of carboxylic acids is 1. The van der Waals surface area contributed by atoms with E-state index in [1.807, 2.05) is 0 Å². The number of carbonyl (C=O) groups is 3. The summed E-state index contributed by atoms with van der Waals surface area (Å²) < 4.78 is 4.75. The number of anilines is 2. The van der Waals surface area contributed by atoms with Gasteiger partial charge in [-0.2, -0.15) is 5.26 Å². The van der Waals surface area contributed by atoms with Gasteiger partial charge in [0.25, 0.3) is 0 Å². The van der Waals surface area contributed by atoms with E-state index in [4.69, 9.17) is 9.84 Å². The maximum Gasteiger partial charge on any atom is 0.410 e. The van der Waals surface area contributed by atoms with Crippen molar-refractivity contribution < 1.29 is 24.2 Å². The van der Waals surface area contributed by atoms with E-state index in [1.54, 1.807) is 31.3 Å². The van der Waals surface area contributed by atoms with Gasteiger partial charge in [0.1, 0.15) is 16.9 Å². The second-order valence-corrected chi connectivity index (χ2v) is 7.27. The van der Waals surface area contributed by atoms with E-state index in [1.165, 1.54) is 21.1 Å². The molecule has 10 heteroatoms. The minimum atomic E-state index is -1.23. The lowest BCUT2D eigenvalue weighted by Gasteiger charge is -2.25. The van der Waals surface area contributed by atoms with Gasteiger partial charge in [-0.05, 0) is 24.1 Å². The minimum absolute atomic E-state index is 0.184. The third-order valence-electron chi connectivity index (χ3n) is 4.36. The lowest BCUT2D eigenvalue weighted by molar-refractivity contribution is -0.140. The average Bonchev–Trinajstić information content (AvgIpc) is 3.09. The molecule has 150 valence electrons. The summed E-state index contributed by atoms with van der Waals surface area (Å²) in [6.07, 6.45) is 1.49. The minimum Gasteiger partial charge on any atom is -0.479 e. The highest BCUT2D eigenvalue weighted by Crippen LogP contribution is 2.41. The number of ether oxygens (including phenoxy) is 1. The number of pyridine rings is 1. The van der Waals surface area contributed by atoms with Crippen LogP contribution in [0.2, 0.25) is 0 Å². The normalized spacial score (nSPS) is 12.6. The fourth-order valence-electron chi connectivity index (χ4n) is 3.02. The number of hydrogen-bond donors (Lipinski definition) is 1. The first kappa shape index (κ1) is 20.3. The van der Waals surface area contributed by atoms with Gasteiger partial charge in [0, 0.05) is 24.0 Å². The molecule has 3 rings (SSSR count). The molecule has 0 radical (unpaired) electrons.